The van der Waals surface area contributed by atoms with Crippen molar-refractivity contribution in [3.05, 3.63) is 0 Å². The molecule has 1 fully saturated rings. The van der Waals surface area contributed by atoms with Crippen molar-refractivity contribution in [1.29, 1.82) is 0 Å². The Kier molecular flexibility index (Phi) is 7.28. The lowest BCUT2D eigenvalue weighted by atomic mass is 10.0. The molecule has 0 radical (unpaired) electrons. The quantitative estimate of drug-likeness (QED) is 0.623. The molecule has 0 aliphatic heterocycles. The molecule has 2 N–H and O–H groups in total. The van der Waals surface area contributed by atoms with E-state index < -0.39 is 0 Å². The van der Waals surface area contributed by atoms with Gasteiger partial charge in [-0.05, 0) is 44.6 Å². The molecule has 1 saturated carbocycles. The van der Waals surface area contributed by atoms with Crippen LogP contribution in [0.25, 0.3) is 0 Å². The van der Waals surface area contributed by atoms with E-state index in [0.29, 0.717) is 19.0 Å². The molecule has 1 amide bonds. The summed E-state index contributed by atoms with van der Waals surface area (Å²) >= 11 is 0. The van der Waals surface area contributed by atoms with Gasteiger partial charge in [0.2, 0.25) is 5.91 Å². The van der Waals surface area contributed by atoms with E-state index in [1.807, 2.05) is 6.92 Å². The van der Waals surface area contributed by atoms with Crippen molar-refractivity contribution in [2.24, 2.45) is 11.8 Å². The van der Waals surface area contributed by atoms with Gasteiger partial charge in [-0.1, -0.05) is 13.8 Å². The van der Waals surface area contributed by atoms with Gasteiger partial charge in [0.15, 0.2) is 0 Å². The predicted molar refractivity (Wildman–Crippen MR) is 73.5 cm³/mol. The number of nitrogens with one attached hydrogen (secondary N) is 2. The van der Waals surface area contributed by atoms with E-state index in [1.54, 1.807) is 0 Å². The molecule has 1 atom stereocenters. The van der Waals surface area contributed by atoms with Crippen LogP contribution in [0.5, 0.6) is 0 Å². The molecule has 0 heterocycles. The molecular weight excluding hydrogens is 228 g/mol. The van der Waals surface area contributed by atoms with Crippen LogP contribution in [0.15, 0.2) is 0 Å². The van der Waals surface area contributed by atoms with E-state index >= 15 is 0 Å². The first kappa shape index (κ1) is 15.4. The minimum absolute atomic E-state index is 0.0923. The van der Waals surface area contributed by atoms with Gasteiger partial charge in [-0.3, -0.25) is 4.79 Å². The third kappa shape index (κ3) is 6.97. The average molecular weight is 256 g/mol. The van der Waals surface area contributed by atoms with Gasteiger partial charge in [0.25, 0.3) is 0 Å². The Morgan fingerprint density at radius 1 is 1.39 bits per heavy atom. The molecule has 0 aromatic rings. The number of ether oxygens (including phenoxy) is 1. The molecule has 0 aromatic carbocycles. The summed E-state index contributed by atoms with van der Waals surface area (Å²) in [6.45, 7) is 9.18. The molecule has 1 unspecified atom stereocenters. The molecule has 0 bridgehead atoms. The van der Waals surface area contributed by atoms with E-state index in [-0.39, 0.29) is 12.0 Å². The highest BCUT2D eigenvalue weighted by Gasteiger charge is 2.20. The fourth-order valence-corrected chi connectivity index (χ4v) is 1.95. The first-order valence-electron chi connectivity index (χ1n) is 7.22. The van der Waals surface area contributed by atoms with Crippen LogP contribution in [-0.4, -0.2) is 38.3 Å². The van der Waals surface area contributed by atoms with Gasteiger partial charge >= 0.3 is 0 Å². The molecular formula is C14H28N2O2. The van der Waals surface area contributed by atoms with E-state index in [0.717, 1.165) is 25.5 Å². The van der Waals surface area contributed by atoms with E-state index in [9.17, 15) is 4.79 Å². The fraction of sp³-hybridized carbons (Fsp3) is 0.929. The first-order chi connectivity index (χ1) is 8.63. The molecule has 0 spiro atoms. The minimum atomic E-state index is 0.0923. The van der Waals surface area contributed by atoms with E-state index in [4.69, 9.17) is 4.74 Å². The molecule has 1 rings (SSSR count). The van der Waals surface area contributed by atoms with Crippen LogP contribution in [0, 0.1) is 11.8 Å². The highest BCUT2D eigenvalue weighted by Crippen LogP contribution is 2.27. The molecule has 1 aliphatic carbocycles. The number of rotatable bonds is 10. The zero-order valence-corrected chi connectivity index (χ0v) is 12.0. The molecule has 0 aromatic heterocycles. The SMILES string of the molecule is CCOC(CCNC(=O)CNCC1CC1)C(C)C. The van der Waals surface area contributed by atoms with Crippen molar-refractivity contribution in [3.63, 3.8) is 0 Å². The number of hydrogen-bond acceptors (Lipinski definition) is 3. The smallest absolute Gasteiger partial charge is 0.233 e. The lowest BCUT2D eigenvalue weighted by molar-refractivity contribution is -0.120. The summed E-state index contributed by atoms with van der Waals surface area (Å²) in [5.41, 5.74) is 0. The lowest BCUT2D eigenvalue weighted by Crippen LogP contribution is -2.36. The van der Waals surface area contributed by atoms with Crippen LogP contribution >= 0.6 is 0 Å². The van der Waals surface area contributed by atoms with Crippen molar-refractivity contribution in [3.8, 4) is 0 Å². The number of carbonyl (C=O) groups excluding carboxylic acids is 1. The standard InChI is InChI=1S/C14H28N2O2/c1-4-18-13(11(2)3)7-8-16-14(17)10-15-9-12-5-6-12/h11-13,15H,4-10H2,1-3H3,(H,16,17). The summed E-state index contributed by atoms with van der Waals surface area (Å²) in [5.74, 6) is 1.41. The van der Waals surface area contributed by atoms with Crippen molar-refractivity contribution in [2.75, 3.05) is 26.2 Å². The second-order valence-electron chi connectivity index (χ2n) is 5.45. The van der Waals surface area contributed by atoms with Crippen molar-refractivity contribution in [1.82, 2.24) is 10.6 Å². The Morgan fingerprint density at radius 2 is 2.11 bits per heavy atom. The van der Waals surface area contributed by atoms with E-state index in [1.165, 1.54) is 12.8 Å². The van der Waals surface area contributed by atoms with Crippen LogP contribution in [-0.2, 0) is 9.53 Å². The third-order valence-electron chi connectivity index (χ3n) is 3.29. The second kappa shape index (κ2) is 8.48. The Hall–Kier alpha value is -0.610. The van der Waals surface area contributed by atoms with Gasteiger partial charge in [-0.15, -0.1) is 0 Å². The van der Waals surface area contributed by atoms with Gasteiger partial charge in [0.05, 0.1) is 12.6 Å². The van der Waals surface area contributed by atoms with Crippen LogP contribution < -0.4 is 10.6 Å². The topological polar surface area (TPSA) is 50.4 Å². The third-order valence-corrected chi connectivity index (χ3v) is 3.29. The summed E-state index contributed by atoms with van der Waals surface area (Å²) < 4.78 is 5.64. The van der Waals surface area contributed by atoms with E-state index in [2.05, 4.69) is 24.5 Å². The zero-order chi connectivity index (χ0) is 13.4. The maximum Gasteiger partial charge on any atom is 0.233 e. The normalized spacial score (nSPS) is 16.9. The molecule has 106 valence electrons. The summed E-state index contributed by atoms with van der Waals surface area (Å²) in [6, 6.07) is 0. The second-order valence-corrected chi connectivity index (χ2v) is 5.45. The van der Waals surface area contributed by atoms with Crippen LogP contribution in [0.4, 0.5) is 0 Å². The molecule has 18 heavy (non-hydrogen) atoms. The average Bonchev–Trinajstić information content (AvgIpc) is 3.11. The van der Waals surface area contributed by atoms with Gasteiger partial charge in [-0.25, -0.2) is 0 Å². The van der Waals surface area contributed by atoms with Gasteiger partial charge in [0.1, 0.15) is 0 Å². The Bertz CT molecular complexity index is 240. The number of hydrogen-bond donors (Lipinski definition) is 2. The fourth-order valence-electron chi connectivity index (χ4n) is 1.95. The molecule has 4 heteroatoms. The number of carbonyl (C=O) groups is 1. The maximum atomic E-state index is 11.5. The summed E-state index contributed by atoms with van der Waals surface area (Å²) in [5, 5.41) is 6.13. The summed E-state index contributed by atoms with van der Waals surface area (Å²) in [4.78, 5) is 11.5. The largest absolute Gasteiger partial charge is 0.378 e. The predicted octanol–water partition coefficient (Wildman–Crippen LogP) is 1.55. The molecule has 1 aliphatic rings. The highest BCUT2D eigenvalue weighted by atomic mass is 16.5. The minimum Gasteiger partial charge on any atom is -0.378 e. The number of amides is 1. The van der Waals surface area contributed by atoms with Gasteiger partial charge in [-0.2, -0.15) is 0 Å². The lowest BCUT2D eigenvalue weighted by Gasteiger charge is -2.20. The van der Waals surface area contributed by atoms with Gasteiger partial charge in [0, 0.05) is 13.2 Å². The summed E-state index contributed by atoms with van der Waals surface area (Å²) in [7, 11) is 0. The maximum absolute atomic E-state index is 11.5. The zero-order valence-electron chi connectivity index (χ0n) is 12.0. The van der Waals surface area contributed by atoms with Gasteiger partial charge < -0.3 is 15.4 Å². The van der Waals surface area contributed by atoms with Crippen LogP contribution in [0.2, 0.25) is 0 Å². The molecule has 0 saturated heterocycles. The monoisotopic (exact) mass is 256 g/mol. The van der Waals surface area contributed by atoms with Crippen molar-refractivity contribution >= 4 is 5.91 Å². The first-order valence-corrected chi connectivity index (χ1v) is 7.22. The van der Waals surface area contributed by atoms with Crippen LogP contribution in [0.1, 0.15) is 40.0 Å². The van der Waals surface area contributed by atoms with Crippen molar-refractivity contribution in [2.45, 2.75) is 46.1 Å². The Morgan fingerprint density at radius 3 is 2.67 bits per heavy atom. The van der Waals surface area contributed by atoms with Crippen LogP contribution in [0.3, 0.4) is 0 Å². The Balaban J connectivity index is 2.01. The highest BCUT2D eigenvalue weighted by molar-refractivity contribution is 5.77. The Labute approximate surface area is 111 Å². The molecule has 4 nitrogen and oxygen atoms in total. The summed E-state index contributed by atoms with van der Waals surface area (Å²) in [6.07, 6.45) is 3.77. The van der Waals surface area contributed by atoms with Crippen molar-refractivity contribution < 1.29 is 9.53 Å².